The van der Waals surface area contributed by atoms with Crippen molar-refractivity contribution in [3.8, 4) is 11.5 Å². The zero-order chi connectivity index (χ0) is 17.5. The molecule has 0 radical (unpaired) electrons. The molecular weight excluding hydrogens is 304 g/mol. The molecule has 0 aromatic heterocycles. The summed E-state index contributed by atoms with van der Waals surface area (Å²) in [4.78, 5) is 12.1. The number of carbonyl (C=O) groups is 1. The van der Waals surface area contributed by atoms with Crippen molar-refractivity contribution in [1.82, 2.24) is 5.43 Å². The van der Waals surface area contributed by atoms with Crippen molar-refractivity contribution in [3.63, 3.8) is 0 Å². The van der Waals surface area contributed by atoms with Gasteiger partial charge >= 0.3 is 0 Å². The van der Waals surface area contributed by atoms with Gasteiger partial charge in [-0.15, -0.1) is 0 Å². The lowest BCUT2D eigenvalue weighted by Crippen LogP contribution is -2.17. The number of benzene rings is 2. The van der Waals surface area contributed by atoms with Crippen LogP contribution in [-0.4, -0.2) is 26.3 Å². The summed E-state index contributed by atoms with van der Waals surface area (Å²) in [5.41, 5.74) is 5.14. The van der Waals surface area contributed by atoms with Crippen LogP contribution in [0.2, 0.25) is 0 Å². The van der Waals surface area contributed by atoms with Gasteiger partial charge in [-0.05, 0) is 35.2 Å². The van der Waals surface area contributed by atoms with E-state index in [2.05, 4.69) is 36.5 Å². The maximum atomic E-state index is 12.1. The second kappa shape index (κ2) is 8.15. The van der Waals surface area contributed by atoms with Gasteiger partial charge in [-0.2, -0.15) is 5.10 Å². The van der Waals surface area contributed by atoms with Crippen LogP contribution in [0.1, 0.15) is 41.3 Å². The molecule has 2 rings (SSSR count). The number of carbonyl (C=O) groups excluding carboxylic acids is 1. The van der Waals surface area contributed by atoms with Crippen molar-refractivity contribution in [3.05, 3.63) is 59.2 Å². The molecule has 0 atom stereocenters. The van der Waals surface area contributed by atoms with E-state index in [1.165, 1.54) is 12.7 Å². The second-order valence-corrected chi connectivity index (χ2v) is 5.59. The summed E-state index contributed by atoms with van der Waals surface area (Å²) in [6.45, 7) is 4.29. The average Bonchev–Trinajstić information content (AvgIpc) is 2.61. The van der Waals surface area contributed by atoms with Crippen LogP contribution < -0.4 is 14.9 Å². The Hall–Kier alpha value is -2.82. The smallest absolute Gasteiger partial charge is 0.271 e. The predicted octanol–water partition coefficient (Wildman–Crippen LogP) is 3.59. The highest BCUT2D eigenvalue weighted by Gasteiger charge is 2.09. The lowest BCUT2D eigenvalue weighted by molar-refractivity contribution is 0.0954. The van der Waals surface area contributed by atoms with Crippen molar-refractivity contribution in [2.24, 2.45) is 5.10 Å². The van der Waals surface area contributed by atoms with E-state index in [1.807, 2.05) is 12.1 Å². The fourth-order valence-electron chi connectivity index (χ4n) is 2.17. The predicted molar refractivity (Wildman–Crippen MR) is 95.1 cm³/mol. The van der Waals surface area contributed by atoms with Crippen molar-refractivity contribution in [2.75, 3.05) is 14.2 Å². The van der Waals surface area contributed by atoms with Gasteiger partial charge < -0.3 is 9.47 Å². The van der Waals surface area contributed by atoms with Crippen LogP contribution in [0.3, 0.4) is 0 Å². The molecule has 126 valence electrons. The summed E-state index contributed by atoms with van der Waals surface area (Å²) in [6, 6.07) is 13.0. The number of nitrogens with one attached hydrogen (secondary N) is 1. The third kappa shape index (κ3) is 4.35. The van der Waals surface area contributed by atoms with Crippen LogP contribution in [0.4, 0.5) is 0 Å². The molecule has 0 aliphatic carbocycles. The van der Waals surface area contributed by atoms with Gasteiger partial charge in [0.15, 0.2) is 11.5 Å². The fraction of sp³-hybridized carbons (Fsp3) is 0.263. The van der Waals surface area contributed by atoms with E-state index in [9.17, 15) is 4.79 Å². The zero-order valence-corrected chi connectivity index (χ0v) is 14.4. The molecule has 0 spiro atoms. The van der Waals surface area contributed by atoms with Gasteiger partial charge in [-0.1, -0.05) is 38.1 Å². The van der Waals surface area contributed by atoms with Crippen LogP contribution in [0.15, 0.2) is 47.6 Å². The van der Waals surface area contributed by atoms with E-state index in [-0.39, 0.29) is 5.91 Å². The number of hydrogen-bond donors (Lipinski definition) is 1. The monoisotopic (exact) mass is 326 g/mol. The molecule has 0 saturated heterocycles. The first-order chi connectivity index (χ1) is 11.5. The van der Waals surface area contributed by atoms with Gasteiger partial charge in [0.25, 0.3) is 5.91 Å². The summed E-state index contributed by atoms with van der Waals surface area (Å²) in [5, 5.41) is 3.99. The van der Waals surface area contributed by atoms with Gasteiger partial charge in [-0.3, -0.25) is 4.79 Å². The van der Waals surface area contributed by atoms with Crippen molar-refractivity contribution < 1.29 is 14.3 Å². The van der Waals surface area contributed by atoms with E-state index < -0.39 is 0 Å². The largest absolute Gasteiger partial charge is 0.493 e. The standard InChI is InChI=1S/C19H22N2O3/c1-13(2)15-7-5-14(6-8-15)12-20-21-19(22)16-9-10-17(23-3)18(11-16)24-4/h5-13H,1-4H3,(H,21,22)/b20-12-. The number of nitrogens with zero attached hydrogens (tertiary/aromatic N) is 1. The van der Waals surface area contributed by atoms with Crippen molar-refractivity contribution in [2.45, 2.75) is 19.8 Å². The van der Waals surface area contributed by atoms with Crippen LogP contribution in [0.5, 0.6) is 11.5 Å². The third-order valence-electron chi connectivity index (χ3n) is 3.63. The van der Waals surface area contributed by atoms with Gasteiger partial charge in [0.05, 0.1) is 20.4 Å². The van der Waals surface area contributed by atoms with E-state index in [0.717, 1.165) is 5.56 Å². The Morgan fingerprint density at radius 3 is 2.29 bits per heavy atom. The molecule has 24 heavy (non-hydrogen) atoms. The summed E-state index contributed by atoms with van der Waals surface area (Å²) >= 11 is 0. The molecule has 1 N–H and O–H groups in total. The van der Waals surface area contributed by atoms with Gasteiger partial charge in [0, 0.05) is 5.56 Å². The summed E-state index contributed by atoms with van der Waals surface area (Å²) < 4.78 is 10.3. The van der Waals surface area contributed by atoms with E-state index >= 15 is 0 Å². The van der Waals surface area contributed by atoms with Crippen LogP contribution in [0, 0.1) is 0 Å². The van der Waals surface area contributed by atoms with E-state index in [1.54, 1.807) is 31.5 Å². The third-order valence-corrected chi connectivity index (χ3v) is 3.63. The molecule has 1 amide bonds. The molecule has 0 aliphatic rings. The maximum absolute atomic E-state index is 12.1. The minimum absolute atomic E-state index is 0.314. The summed E-state index contributed by atoms with van der Waals surface area (Å²) in [5.74, 6) is 1.24. The van der Waals surface area contributed by atoms with Gasteiger partial charge in [-0.25, -0.2) is 5.43 Å². The van der Waals surface area contributed by atoms with Gasteiger partial charge in [0.1, 0.15) is 0 Å². The minimum Gasteiger partial charge on any atom is -0.493 e. The molecular formula is C19H22N2O3. The van der Waals surface area contributed by atoms with Crippen molar-refractivity contribution >= 4 is 12.1 Å². The Balaban J connectivity index is 2.02. The normalized spacial score (nSPS) is 10.9. The van der Waals surface area contributed by atoms with Crippen LogP contribution in [0.25, 0.3) is 0 Å². The molecule has 0 bridgehead atoms. The second-order valence-electron chi connectivity index (χ2n) is 5.59. The SMILES string of the molecule is COc1ccc(C(=O)N/N=C\c2ccc(C(C)C)cc2)cc1OC. The molecule has 5 nitrogen and oxygen atoms in total. The molecule has 2 aromatic carbocycles. The Bertz CT molecular complexity index is 722. The molecule has 5 heteroatoms. The lowest BCUT2D eigenvalue weighted by Gasteiger charge is -2.08. The molecule has 0 fully saturated rings. The number of hydrazone groups is 1. The molecule has 0 heterocycles. The number of hydrogen-bond acceptors (Lipinski definition) is 4. The highest BCUT2D eigenvalue weighted by molar-refractivity contribution is 5.95. The number of rotatable bonds is 6. The lowest BCUT2D eigenvalue weighted by atomic mass is 10.0. The first-order valence-electron chi connectivity index (χ1n) is 7.70. The van der Waals surface area contributed by atoms with Crippen LogP contribution in [-0.2, 0) is 0 Å². The minimum atomic E-state index is -0.314. The Morgan fingerprint density at radius 2 is 1.71 bits per heavy atom. The Morgan fingerprint density at radius 1 is 1.04 bits per heavy atom. The van der Waals surface area contributed by atoms with E-state index in [0.29, 0.717) is 23.0 Å². The molecule has 0 saturated carbocycles. The first kappa shape index (κ1) is 17.5. The van der Waals surface area contributed by atoms with Gasteiger partial charge in [0.2, 0.25) is 0 Å². The molecule has 0 unspecified atom stereocenters. The number of ether oxygens (including phenoxy) is 2. The summed E-state index contributed by atoms with van der Waals surface area (Å²) in [7, 11) is 3.07. The Kier molecular flexibility index (Phi) is 5.95. The molecule has 0 aliphatic heterocycles. The molecule has 2 aromatic rings. The van der Waals surface area contributed by atoms with Crippen LogP contribution >= 0.6 is 0 Å². The average molecular weight is 326 g/mol. The van der Waals surface area contributed by atoms with E-state index in [4.69, 9.17) is 9.47 Å². The highest BCUT2D eigenvalue weighted by Crippen LogP contribution is 2.27. The Labute approximate surface area is 142 Å². The van der Waals surface area contributed by atoms with Crippen molar-refractivity contribution in [1.29, 1.82) is 0 Å². The number of methoxy groups -OCH3 is 2. The zero-order valence-electron chi connectivity index (χ0n) is 14.4. The summed E-state index contributed by atoms with van der Waals surface area (Å²) in [6.07, 6.45) is 1.61. The first-order valence-corrected chi connectivity index (χ1v) is 7.70. The number of amides is 1. The fourth-order valence-corrected chi connectivity index (χ4v) is 2.17. The topological polar surface area (TPSA) is 59.9 Å². The quantitative estimate of drug-likeness (QED) is 0.652. The maximum Gasteiger partial charge on any atom is 0.271 e. The highest BCUT2D eigenvalue weighted by atomic mass is 16.5.